The average molecular weight is 293 g/mol. The first-order valence-corrected chi connectivity index (χ1v) is 7.25. The Kier molecular flexibility index (Phi) is 7.29. The Morgan fingerprint density at radius 3 is 2.38 bits per heavy atom. The third-order valence-corrected chi connectivity index (χ3v) is 3.24. The van der Waals surface area contributed by atoms with Crippen LogP contribution in [0.3, 0.4) is 0 Å². The van der Waals surface area contributed by atoms with Gasteiger partial charge in [0.05, 0.1) is 13.0 Å². The van der Waals surface area contributed by atoms with Crippen molar-refractivity contribution in [1.29, 1.82) is 0 Å². The Hall–Kier alpha value is -2.04. The second kappa shape index (κ2) is 9.00. The lowest BCUT2D eigenvalue weighted by Gasteiger charge is -2.14. The summed E-state index contributed by atoms with van der Waals surface area (Å²) >= 11 is 0. The van der Waals surface area contributed by atoms with Gasteiger partial charge in [0.1, 0.15) is 5.75 Å². The van der Waals surface area contributed by atoms with Gasteiger partial charge in [-0.1, -0.05) is 31.9 Å². The largest absolute Gasteiger partial charge is 0.494 e. The highest BCUT2D eigenvalue weighted by Crippen LogP contribution is 2.25. The molecular weight excluding hydrogens is 270 g/mol. The molecule has 1 atom stereocenters. The molecule has 3 N–H and O–H groups in total. The first-order valence-electron chi connectivity index (χ1n) is 7.25. The molecule has 0 radical (unpaired) electrons. The molecule has 116 valence electrons. The van der Waals surface area contributed by atoms with Crippen LogP contribution >= 0.6 is 0 Å². The summed E-state index contributed by atoms with van der Waals surface area (Å²) in [6, 6.07) is 7.20. The van der Waals surface area contributed by atoms with E-state index in [1.807, 2.05) is 0 Å². The first-order chi connectivity index (χ1) is 10.0. The van der Waals surface area contributed by atoms with Gasteiger partial charge in [0.25, 0.3) is 0 Å². The highest BCUT2D eigenvalue weighted by atomic mass is 16.5. The second-order valence-corrected chi connectivity index (χ2v) is 5.09. The molecule has 1 aromatic rings. The van der Waals surface area contributed by atoms with Crippen LogP contribution < -0.4 is 10.5 Å². The molecule has 0 aliphatic rings. The average Bonchev–Trinajstić information content (AvgIpc) is 2.42. The van der Waals surface area contributed by atoms with Gasteiger partial charge < -0.3 is 15.6 Å². The van der Waals surface area contributed by atoms with Crippen molar-refractivity contribution >= 4 is 11.9 Å². The lowest BCUT2D eigenvalue weighted by Crippen LogP contribution is -2.17. The number of benzene rings is 1. The number of carboxylic acids is 1. The number of amides is 1. The van der Waals surface area contributed by atoms with E-state index in [9.17, 15) is 9.59 Å². The third kappa shape index (κ3) is 6.79. The van der Waals surface area contributed by atoms with E-state index in [-0.39, 0.29) is 12.8 Å². The fourth-order valence-corrected chi connectivity index (χ4v) is 2.14. The van der Waals surface area contributed by atoms with Crippen LogP contribution in [0, 0.1) is 0 Å². The molecular formula is C16H23NO4. The molecule has 0 fully saturated rings. The molecule has 0 aromatic heterocycles. The lowest BCUT2D eigenvalue weighted by atomic mass is 9.92. The molecule has 0 aliphatic carbocycles. The van der Waals surface area contributed by atoms with Gasteiger partial charge in [-0.2, -0.15) is 0 Å². The summed E-state index contributed by atoms with van der Waals surface area (Å²) in [5.41, 5.74) is 5.96. The van der Waals surface area contributed by atoms with E-state index >= 15 is 0 Å². The maximum Gasteiger partial charge on any atom is 0.303 e. The number of unbranched alkanes of at least 4 members (excludes halogenated alkanes) is 2. The molecule has 0 saturated carbocycles. The van der Waals surface area contributed by atoms with Gasteiger partial charge >= 0.3 is 5.97 Å². The van der Waals surface area contributed by atoms with Crippen molar-refractivity contribution in [3.8, 4) is 5.75 Å². The Labute approximate surface area is 125 Å². The van der Waals surface area contributed by atoms with Crippen LogP contribution in [0.4, 0.5) is 0 Å². The van der Waals surface area contributed by atoms with Gasteiger partial charge in [-0.15, -0.1) is 0 Å². The van der Waals surface area contributed by atoms with Crippen LogP contribution in [-0.4, -0.2) is 23.6 Å². The number of carboxylic acid groups (broad SMARTS) is 1. The summed E-state index contributed by atoms with van der Waals surface area (Å²) in [5.74, 6) is -1.08. The Morgan fingerprint density at radius 1 is 1.19 bits per heavy atom. The summed E-state index contributed by atoms with van der Waals surface area (Å²) in [7, 11) is 0. The molecule has 0 unspecified atom stereocenters. The van der Waals surface area contributed by atoms with Crippen molar-refractivity contribution in [3.63, 3.8) is 0 Å². The smallest absolute Gasteiger partial charge is 0.303 e. The number of rotatable bonds is 10. The van der Waals surface area contributed by atoms with Gasteiger partial charge in [-0.05, 0) is 24.1 Å². The maximum absolute atomic E-state index is 11.0. The van der Waals surface area contributed by atoms with Crippen LogP contribution in [0.1, 0.15) is 50.5 Å². The normalized spacial score (nSPS) is 11.9. The molecule has 1 rings (SSSR count). The molecule has 0 bridgehead atoms. The monoisotopic (exact) mass is 293 g/mol. The van der Waals surface area contributed by atoms with Gasteiger partial charge in [0, 0.05) is 12.3 Å². The maximum atomic E-state index is 11.0. The minimum atomic E-state index is -0.943. The number of carbonyl (C=O) groups excluding carboxylic acids is 1. The van der Waals surface area contributed by atoms with Crippen LogP contribution in [0.2, 0.25) is 0 Å². The fraction of sp³-hybridized carbons (Fsp3) is 0.500. The van der Waals surface area contributed by atoms with E-state index in [0.29, 0.717) is 6.61 Å². The zero-order chi connectivity index (χ0) is 15.7. The first kappa shape index (κ1) is 17.0. The van der Waals surface area contributed by atoms with Crippen molar-refractivity contribution in [2.45, 2.75) is 44.9 Å². The minimum absolute atomic E-state index is 0.0308. The molecule has 0 spiro atoms. The van der Waals surface area contributed by atoms with Gasteiger partial charge in [0.15, 0.2) is 0 Å². The SMILES string of the molecule is CCCCCOc1ccc([C@@H](CC(N)=O)CC(=O)O)cc1. The molecule has 5 nitrogen and oxygen atoms in total. The number of nitrogens with two attached hydrogens (primary N) is 1. The number of ether oxygens (including phenoxy) is 1. The number of aliphatic carboxylic acids is 1. The van der Waals surface area contributed by atoms with E-state index in [2.05, 4.69) is 6.92 Å². The standard InChI is InChI=1S/C16H23NO4/c1-2-3-4-9-21-14-7-5-12(6-8-14)13(10-15(17)18)11-16(19)20/h5-8,13H,2-4,9-11H2,1H3,(H2,17,18)(H,19,20)/t13-/m0/s1. The lowest BCUT2D eigenvalue weighted by molar-refractivity contribution is -0.137. The van der Waals surface area contributed by atoms with Gasteiger partial charge in [0.2, 0.25) is 5.91 Å². The topological polar surface area (TPSA) is 89.6 Å². The Bertz CT molecular complexity index is 440. The number of hydrogen-bond donors (Lipinski definition) is 2. The highest BCUT2D eigenvalue weighted by molar-refractivity contribution is 5.76. The summed E-state index contributed by atoms with van der Waals surface area (Å²) in [4.78, 5) is 21.9. The van der Waals surface area contributed by atoms with E-state index in [1.54, 1.807) is 24.3 Å². The molecule has 0 heterocycles. The molecule has 21 heavy (non-hydrogen) atoms. The molecule has 5 heteroatoms. The fourth-order valence-electron chi connectivity index (χ4n) is 2.14. The second-order valence-electron chi connectivity index (χ2n) is 5.09. The molecule has 1 amide bonds. The van der Waals surface area contributed by atoms with Crippen molar-refractivity contribution < 1.29 is 19.4 Å². The van der Waals surface area contributed by atoms with Crippen LogP contribution in [-0.2, 0) is 9.59 Å². The van der Waals surface area contributed by atoms with Gasteiger partial charge in [-0.25, -0.2) is 0 Å². The zero-order valence-corrected chi connectivity index (χ0v) is 12.4. The van der Waals surface area contributed by atoms with Crippen molar-refractivity contribution in [2.24, 2.45) is 5.73 Å². The quantitative estimate of drug-likeness (QED) is 0.649. The van der Waals surface area contributed by atoms with E-state index in [4.69, 9.17) is 15.6 Å². The number of primary amides is 1. The Balaban J connectivity index is 2.63. The number of carbonyl (C=O) groups is 2. The summed E-state index contributed by atoms with van der Waals surface area (Å²) in [6.45, 7) is 2.81. The molecule has 0 saturated heterocycles. The number of hydrogen-bond acceptors (Lipinski definition) is 3. The van der Waals surface area contributed by atoms with E-state index in [1.165, 1.54) is 0 Å². The Morgan fingerprint density at radius 2 is 1.86 bits per heavy atom. The zero-order valence-electron chi connectivity index (χ0n) is 12.4. The van der Waals surface area contributed by atoms with Crippen LogP contribution in [0.15, 0.2) is 24.3 Å². The van der Waals surface area contributed by atoms with Crippen LogP contribution in [0.5, 0.6) is 5.75 Å². The van der Waals surface area contributed by atoms with Crippen molar-refractivity contribution in [1.82, 2.24) is 0 Å². The molecule has 1 aromatic carbocycles. The minimum Gasteiger partial charge on any atom is -0.494 e. The summed E-state index contributed by atoms with van der Waals surface area (Å²) in [6.07, 6.45) is 3.22. The predicted molar refractivity (Wildman–Crippen MR) is 80.3 cm³/mol. The van der Waals surface area contributed by atoms with Crippen molar-refractivity contribution in [2.75, 3.05) is 6.61 Å². The summed E-state index contributed by atoms with van der Waals surface area (Å²) < 4.78 is 5.60. The van der Waals surface area contributed by atoms with Gasteiger partial charge in [-0.3, -0.25) is 9.59 Å². The molecule has 0 aliphatic heterocycles. The predicted octanol–water partition coefficient (Wildman–Crippen LogP) is 2.69. The summed E-state index contributed by atoms with van der Waals surface area (Å²) in [5, 5.41) is 8.90. The third-order valence-electron chi connectivity index (χ3n) is 3.24. The van der Waals surface area contributed by atoms with E-state index < -0.39 is 17.8 Å². The van der Waals surface area contributed by atoms with Crippen LogP contribution in [0.25, 0.3) is 0 Å². The van der Waals surface area contributed by atoms with E-state index in [0.717, 1.165) is 30.6 Å². The highest BCUT2D eigenvalue weighted by Gasteiger charge is 2.18. The van der Waals surface area contributed by atoms with Crippen molar-refractivity contribution in [3.05, 3.63) is 29.8 Å².